The van der Waals surface area contributed by atoms with Crippen molar-refractivity contribution in [1.82, 2.24) is 9.88 Å². The highest BCUT2D eigenvalue weighted by Crippen LogP contribution is 2.28. The summed E-state index contributed by atoms with van der Waals surface area (Å²) in [5, 5.41) is 4.73. The molecule has 2 aromatic carbocycles. The van der Waals surface area contributed by atoms with Gasteiger partial charge < -0.3 is 9.88 Å². The lowest BCUT2D eigenvalue weighted by atomic mass is 9.96. The molecule has 156 valence electrons. The minimum Gasteiger partial charge on any atom is -0.349 e. The molecule has 0 radical (unpaired) electrons. The van der Waals surface area contributed by atoms with Gasteiger partial charge in [-0.25, -0.2) is 0 Å². The molecule has 0 aliphatic heterocycles. The molecule has 1 N–H and O–H groups in total. The number of fused-ring (bicyclic) bond motifs is 1. The minimum absolute atomic E-state index is 0.0103. The molecule has 4 heteroatoms. The molecule has 1 aliphatic carbocycles. The van der Waals surface area contributed by atoms with Crippen molar-refractivity contribution in [3.05, 3.63) is 70.1 Å². The van der Waals surface area contributed by atoms with Crippen LogP contribution >= 0.6 is 0 Å². The summed E-state index contributed by atoms with van der Waals surface area (Å²) in [5.41, 5.74) is 3.92. The van der Waals surface area contributed by atoms with Crippen LogP contribution in [0.3, 0.4) is 0 Å². The van der Waals surface area contributed by atoms with Crippen LogP contribution in [-0.2, 0) is 6.54 Å². The maximum Gasteiger partial charge on any atom is 0.258 e. The van der Waals surface area contributed by atoms with E-state index in [0.29, 0.717) is 17.5 Å². The van der Waals surface area contributed by atoms with Crippen molar-refractivity contribution in [2.45, 2.75) is 59.0 Å². The number of amides is 1. The first-order valence-corrected chi connectivity index (χ1v) is 11.0. The van der Waals surface area contributed by atoms with E-state index in [1.807, 2.05) is 47.2 Å². The summed E-state index contributed by atoms with van der Waals surface area (Å²) in [6.07, 6.45) is 6.21. The molecule has 1 fully saturated rings. The van der Waals surface area contributed by atoms with Crippen LogP contribution in [0.5, 0.6) is 0 Å². The number of pyridine rings is 1. The van der Waals surface area contributed by atoms with E-state index < -0.39 is 0 Å². The molecule has 1 aliphatic rings. The molecule has 1 aromatic heterocycles. The van der Waals surface area contributed by atoms with Crippen molar-refractivity contribution in [2.75, 3.05) is 0 Å². The van der Waals surface area contributed by atoms with Crippen LogP contribution in [0, 0.1) is 12.8 Å². The Labute approximate surface area is 177 Å². The number of rotatable bonds is 7. The maximum absolute atomic E-state index is 13.0. The first-order valence-electron chi connectivity index (χ1n) is 11.0. The number of carbonyl (C=O) groups is 1. The van der Waals surface area contributed by atoms with Crippen molar-refractivity contribution in [2.24, 2.45) is 5.92 Å². The standard InChI is InChI=1S/C26H30N2O2/c1-4-18(5-2)16-28-13-12-20-14-19(8-11-23(20)26(28)30)24-15-21(7-6-17(24)3)25(29)27-22-9-10-22/h6-8,11-15,18,22H,4-5,9-10,16H2,1-3H3,(H,27,29). The minimum atomic E-state index is -0.0103. The summed E-state index contributed by atoms with van der Waals surface area (Å²) in [6, 6.07) is 14.2. The predicted octanol–water partition coefficient (Wildman–Crippen LogP) is 5.31. The van der Waals surface area contributed by atoms with Crippen LogP contribution in [0.15, 0.2) is 53.5 Å². The Kier molecular flexibility index (Phi) is 5.76. The van der Waals surface area contributed by atoms with Crippen LogP contribution in [0.1, 0.15) is 55.5 Å². The van der Waals surface area contributed by atoms with Crippen molar-refractivity contribution >= 4 is 16.7 Å². The van der Waals surface area contributed by atoms with Crippen LogP contribution in [0.25, 0.3) is 21.9 Å². The number of nitrogens with zero attached hydrogens (tertiary/aromatic N) is 1. The molecular formula is C26H30N2O2. The van der Waals surface area contributed by atoms with Gasteiger partial charge in [0.1, 0.15) is 0 Å². The van der Waals surface area contributed by atoms with E-state index in [1.165, 1.54) is 0 Å². The molecule has 0 saturated heterocycles. The molecule has 1 heterocycles. The van der Waals surface area contributed by atoms with Crippen molar-refractivity contribution in [3.8, 4) is 11.1 Å². The van der Waals surface area contributed by atoms with Crippen LogP contribution in [-0.4, -0.2) is 16.5 Å². The molecule has 0 unspecified atom stereocenters. The molecule has 3 aromatic rings. The van der Waals surface area contributed by atoms with Crippen molar-refractivity contribution in [3.63, 3.8) is 0 Å². The van der Waals surface area contributed by atoms with Crippen LogP contribution in [0.2, 0.25) is 0 Å². The number of hydrogen-bond donors (Lipinski definition) is 1. The fourth-order valence-electron chi connectivity index (χ4n) is 4.00. The van der Waals surface area contributed by atoms with E-state index >= 15 is 0 Å². The van der Waals surface area contributed by atoms with Gasteiger partial charge >= 0.3 is 0 Å². The molecule has 0 bridgehead atoms. The summed E-state index contributed by atoms with van der Waals surface area (Å²) in [4.78, 5) is 25.4. The number of nitrogens with one attached hydrogen (secondary N) is 1. The zero-order chi connectivity index (χ0) is 21.3. The third-order valence-electron chi connectivity index (χ3n) is 6.31. The normalized spacial score (nSPS) is 13.7. The second kappa shape index (κ2) is 8.47. The number of aryl methyl sites for hydroxylation is 1. The zero-order valence-electron chi connectivity index (χ0n) is 18.1. The van der Waals surface area contributed by atoms with E-state index in [4.69, 9.17) is 0 Å². The molecule has 1 amide bonds. The highest BCUT2D eigenvalue weighted by atomic mass is 16.1. The first kappa shape index (κ1) is 20.4. The van der Waals surface area contributed by atoms with E-state index in [1.54, 1.807) is 0 Å². The SMILES string of the molecule is CCC(CC)Cn1ccc2cc(-c3cc(C(=O)NC4CC4)ccc3C)ccc2c1=O. The average molecular weight is 403 g/mol. The van der Waals surface area contributed by atoms with E-state index in [0.717, 1.165) is 59.7 Å². The number of aromatic nitrogens is 1. The molecule has 0 spiro atoms. The van der Waals surface area contributed by atoms with Crippen LogP contribution in [0.4, 0.5) is 0 Å². The summed E-state index contributed by atoms with van der Waals surface area (Å²) < 4.78 is 1.84. The summed E-state index contributed by atoms with van der Waals surface area (Å²) in [5.74, 6) is 0.510. The van der Waals surface area contributed by atoms with Gasteiger partial charge in [-0.1, -0.05) is 38.8 Å². The van der Waals surface area contributed by atoms with E-state index in [-0.39, 0.29) is 11.5 Å². The lowest BCUT2D eigenvalue weighted by Gasteiger charge is -2.15. The van der Waals surface area contributed by atoms with Gasteiger partial charge in [-0.15, -0.1) is 0 Å². The van der Waals surface area contributed by atoms with Gasteiger partial charge in [0.05, 0.1) is 0 Å². The average Bonchev–Trinajstić information content (AvgIpc) is 3.57. The topological polar surface area (TPSA) is 51.1 Å². The Hall–Kier alpha value is -2.88. The Morgan fingerprint density at radius 3 is 2.57 bits per heavy atom. The smallest absolute Gasteiger partial charge is 0.258 e. The Balaban J connectivity index is 1.68. The monoisotopic (exact) mass is 402 g/mol. The molecular weight excluding hydrogens is 372 g/mol. The third kappa shape index (κ3) is 4.18. The van der Waals surface area contributed by atoms with E-state index in [9.17, 15) is 9.59 Å². The Bertz CT molecular complexity index is 1140. The fraction of sp³-hybridized carbons (Fsp3) is 0.385. The fourth-order valence-corrected chi connectivity index (χ4v) is 4.00. The lowest BCUT2D eigenvalue weighted by Crippen LogP contribution is -2.25. The van der Waals surface area contributed by atoms with Gasteiger partial charge in [0, 0.05) is 29.7 Å². The highest BCUT2D eigenvalue weighted by Gasteiger charge is 2.24. The van der Waals surface area contributed by atoms with Gasteiger partial charge in [0.2, 0.25) is 0 Å². The van der Waals surface area contributed by atoms with Crippen molar-refractivity contribution in [1.29, 1.82) is 0 Å². The third-order valence-corrected chi connectivity index (χ3v) is 6.31. The molecule has 30 heavy (non-hydrogen) atoms. The lowest BCUT2D eigenvalue weighted by molar-refractivity contribution is 0.0951. The van der Waals surface area contributed by atoms with Gasteiger partial charge in [-0.05, 0) is 78.1 Å². The van der Waals surface area contributed by atoms with Crippen molar-refractivity contribution < 1.29 is 4.79 Å². The van der Waals surface area contributed by atoms with Gasteiger partial charge in [-0.3, -0.25) is 9.59 Å². The molecule has 1 saturated carbocycles. The molecule has 4 rings (SSSR count). The summed E-state index contributed by atoms with van der Waals surface area (Å²) in [7, 11) is 0. The molecule has 4 nitrogen and oxygen atoms in total. The van der Waals surface area contributed by atoms with E-state index in [2.05, 4.69) is 32.2 Å². The molecule has 0 atom stereocenters. The maximum atomic E-state index is 13.0. The number of hydrogen-bond acceptors (Lipinski definition) is 2. The highest BCUT2D eigenvalue weighted by molar-refractivity contribution is 5.96. The summed E-state index contributed by atoms with van der Waals surface area (Å²) in [6.45, 7) is 7.16. The second-order valence-corrected chi connectivity index (χ2v) is 8.54. The largest absolute Gasteiger partial charge is 0.349 e. The first-order chi connectivity index (χ1) is 14.5. The van der Waals surface area contributed by atoms with Gasteiger partial charge in [0.25, 0.3) is 11.5 Å². The summed E-state index contributed by atoms with van der Waals surface area (Å²) >= 11 is 0. The zero-order valence-corrected chi connectivity index (χ0v) is 18.1. The number of benzene rings is 2. The Morgan fingerprint density at radius 2 is 1.87 bits per heavy atom. The number of carbonyl (C=O) groups excluding carboxylic acids is 1. The Morgan fingerprint density at radius 1 is 1.10 bits per heavy atom. The van der Waals surface area contributed by atoms with Gasteiger partial charge in [-0.2, -0.15) is 0 Å². The second-order valence-electron chi connectivity index (χ2n) is 8.54. The van der Waals surface area contributed by atoms with Crippen LogP contribution < -0.4 is 10.9 Å². The quantitative estimate of drug-likeness (QED) is 0.583. The predicted molar refractivity (Wildman–Crippen MR) is 123 cm³/mol. The van der Waals surface area contributed by atoms with Gasteiger partial charge in [0.15, 0.2) is 0 Å².